The third kappa shape index (κ3) is 5.24. The van der Waals surface area contributed by atoms with E-state index in [1.54, 1.807) is 0 Å². The lowest BCUT2D eigenvalue weighted by molar-refractivity contribution is 0.353. The van der Waals surface area contributed by atoms with E-state index in [9.17, 15) is 0 Å². The van der Waals surface area contributed by atoms with Crippen molar-refractivity contribution in [3.63, 3.8) is 0 Å². The van der Waals surface area contributed by atoms with Crippen molar-refractivity contribution in [2.75, 3.05) is 0 Å². The van der Waals surface area contributed by atoms with Gasteiger partial charge in [0.05, 0.1) is 0 Å². The van der Waals surface area contributed by atoms with Gasteiger partial charge in [0, 0.05) is 32.9 Å². The zero-order valence-corrected chi connectivity index (χ0v) is 30.4. The van der Waals surface area contributed by atoms with Crippen LogP contribution in [0.2, 0.25) is 0 Å². The van der Waals surface area contributed by atoms with Crippen molar-refractivity contribution < 1.29 is 4.42 Å². The van der Waals surface area contributed by atoms with Crippen molar-refractivity contribution in [1.82, 2.24) is 15.0 Å². The smallest absolute Gasteiger partial charge is 0.164 e. The molecule has 0 aliphatic heterocycles. The van der Waals surface area contributed by atoms with Crippen LogP contribution in [0.4, 0.5) is 0 Å². The second kappa shape index (κ2) is 12.7. The van der Waals surface area contributed by atoms with Gasteiger partial charge in [-0.15, -0.1) is 0 Å². The molecule has 0 bridgehead atoms. The van der Waals surface area contributed by atoms with Gasteiger partial charge in [-0.3, -0.25) is 0 Å². The number of rotatable bonds is 5. The fourth-order valence-electron chi connectivity index (χ4n) is 9.31. The third-order valence-corrected chi connectivity index (χ3v) is 12.0. The van der Waals surface area contributed by atoms with E-state index < -0.39 is 0 Å². The van der Waals surface area contributed by atoms with Gasteiger partial charge in [0.15, 0.2) is 17.5 Å². The summed E-state index contributed by atoms with van der Waals surface area (Å²) in [7, 11) is 0. The first-order chi connectivity index (χ1) is 27.2. The Morgan fingerprint density at radius 2 is 0.927 bits per heavy atom. The lowest BCUT2D eigenvalue weighted by Gasteiger charge is -2.36. The molecule has 11 rings (SSSR count). The highest BCUT2D eigenvalue weighted by molar-refractivity contribution is 6.11. The molecule has 1 fully saturated rings. The lowest BCUT2D eigenvalue weighted by Crippen LogP contribution is -2.27. The van der Waals surface area contributed by atoms with Gasteiger partial charge in [-0.25, -0.2) is 15.0 Å². The summed E-state index contributed by atoms with van der Waals surface area (Å²) in [4.78, 5) is 15.1. The molecule has 0 N–H and O–H groups in total. The monoisotopic (exact) mass is 707 g/mol. The summed E-state index contributed by atoms with van der Waals surface area (Å²) in [6, 6.07) is 58.2. The molecule has 0 saturated heterocycles. The number of hydrogen-bond acceptors (Lipinski definition) is 4. The van der Waals surface area contributed by atoms with Gasteiger partial charge in [0.1, 0.15) is 11.2 Å². The van der Waals surface area contributed by atoms with Crippen LogP contribution >= 0.6 is 0 Å². The molecule has 4 nitrogen and oxygen atoms in total. The van der Waals surface area contributed by atoms with Crippen molar-refractivity contribution in [3.8, 4) is 67.5 Å². The normalized spacial score (nSPS) is 14.3. The number of furan rings is 1. The number of aromatic nitrogens is 3. The maximum atomic E-state index is 6.21. The summed E-state index contributed by atoms with van der Waals surface area (Å²) in [6.07, 6.45) is 6.48. The molecule has 0 amide bonds. The fraction of sp³-hybridized carbons (Fsp3) is 0.118. The molecule has 0 atom stereocenters. The summed E-state index contributed by atoms with van der Waals surface area (Å²) in [5, 5.41) is 2.05. The van der Waals surface area contributed by atoms with Gasteiger partial charge in [0.25, 0.3) is 0 Å². The summed E-state index contributed by atoms with van der Waals surface area (Å²) in [5.41, 5.74) is 15.3. The molecule has 9 aromatic rings. The second-order valence-electron chi connectivity index (χ2n) is 15.1. The van der Waals surface area contributed by atoms with Crippen LogP contribution in [0.25, 0.3) is 89.5 Å². The molecular weight excluding hydrogens is 671 g/mol. The number of para-hydroxylation sites is 1. The Balaban J connectivity index is 0.929. The van der Waals surface area contributed by atoms with Crippen LogP contribution in [0.3, 0.4) is 0 Å². The molecular formula is C51H37N3O. The van der Waals surface area contributed by atoms with Crippen LogP contribution in [0.15, 0.2) is 168 Å². The molecule has 7 aromatic carbocycles. The number of fused-ring (bicyclic) bond motifs is 8. The first-order valence-electron chi connectivity index (χ1n) is 19.4. The van der Waals surface area contributed by atoms with Crippen molar-refractivity contribution in [2.24, 2.45) is 0 Å². The van der Waals surface area contributed by atoms with Crippen molar-refractivity contribution in [2.45, 2.75) is 37.5 Å². The SMILES string of the molecule is c1ccc(-c2nc(-c3ccc(-c4ccc(-c5ccc6c(c5)-c5ccccc5C65CCCCC5)cc4)cc3)nc(-c3cccc4oc5ccccc5c34)n2)cc1. The molecule has 55 heavy (non-hydrogen) atoms. The summed E-state index contributed by atoms with van der Waals surface area (Å²) in [6.45, 7) is 0. The zero-order chi connectivity index (χ0) is 36.3. The van der Waals surface area contributed by atoms with Gasteiger partial charge in [-0.1, -0.05) is 165 Å². The molecule has 2 aliphatic rings. The molecule has 2 aromatic heterocycles. The molecule has 2 heterocycles. The Bertz CT molecular complexity index is 2880. The first-order valence-corrected chi connectivity index (χ1v) is 19.4. The Hall–Kier alpha value is -6.65. The van der Waals surface area contributed by atoms with E-state index >= 15 is 0 Å². The van der Waals surface area contributed by atoms with E-state index in [4.69, 9.17) is 19.4 Å². The van der Waals surface area contributed by atoms with Gasteiger partial charge in [0.2, 0.25) is 0 Å². The highest BCUT2D eigenvalue weighted by Gasteiger charge is 2.43. The predicted octanol–water partition coefficient (Wildman–Crippen LogP) is 13.3. The van der Waals surface area contributed by atoms with Crippen LogP contribution < -0.4 is 0 Å². The third-order valence-electron chi connectivity index (χ3n) is 12.0. The largest absolute Gasteiger partial charge is 0.456 e. The minimum absolute atomic E-state index is 0.188. The zero-order valence-electron chi connectivity index (χ0n) is 30.4. The van der Waals surface area contributed by atoms with E-state index in [1.807, 2.05) is 60.7 Å². The van der Waals surface area contributed by atoms with Crippen LogP contribution in [-0.2, 0) is 5.41 Å². The van der Waals surface area contributed by atoms with Crippen molar-refractivity contribution in [3.05, 3.63) is 175 Å². The van der Waals surface area contributed by atoms with Gasteiger partial charge >= 0.3 is 0 Å². The van der Waals surface area contributed by atoms with Crippen molar-refractivity contribution >= 4 is 21.9 Å². The summed E-state index contributed by atoms with van der Waals surface area (Å²) < 4.78 is 6.21. The molecule has 1 spiro atoms. The summed E-state index contributed by atoms with van der Waals surface area (Å²) in [5.74, 6) is 1.88. The Morgan fingerprint density at radius 3 is 1.69 bits per heavy atom. The summed E-state index contributed by atoms with van der Waals surface area (Å²) >= 11 is 0. The minimum atomic E-state index is 0.188. The quantitative estimate of drug-likeness (QED) is 0.179. The van der Waals surface area contributed by atoms with E-state index in [-0.39, 0.29) is 5.41 Å². The molecule has 0 unspecified atom stereocenters. The minimum Gasteiger partial charge on any atom is -0.456 e. The number of benzene rings is 7. The first kappa shape index (κ1) is 31.8. The van der Waals surface area contributed by atoms with Crippen LogP contribution in [0.1, 0.15) is 43.2 Å². The van der Waals surface area contributed by atoms with Crippen molar-refractivity contribution in [1.29, 1.82) is 0 Å². The van der Waals surface area contributed by atoms with Gasteiger partial charge in [-0.05, 0) is 75.5 Å². The molecule has 0 radical (unpaired) electrons. The van der Waals surface area contributed by atoms with Crippen LogP contribution in [0.5, 0.6) is 0 Å². The maximum Gasteiger partial charge on any atom is 0.164 e. The average Bonchev–Trinajstić information content (AvgIpc) is 3.77. The van der Waals surface area contributed by atoms with Gasteiger partial charge in [-0.2, -0.15) is 0 Å². The van der Waals surface area contributed by atoms with Crippen LogP contribution in [0, 0.1) is 0 Å². The topological polar surface area (TPSA) is 51.8 Å². The van der Waals surface area contributed by atoms with Gasteiger partial charge < -0.3 is 4.42 Å². The Morgan fingerprint density at radius 1 is 0.382 bits per heavy atom. The Kier molecular flexibility index (Phi) is 7.38. The number of hydrogen-bond donors (Lipinski definition) is 0. The predicted molar refractivity (Wildman–Crippen MR) is 224 cm³/mol. The average molecular weight is 708 g/mol. The van der Waals surface area contributed by atoms with Crippen LogP contribution in [-0.4, -0.2) is 15.0 Å². The fourth-order valence-corrected chi connectivity index (χ4v) is 9.31. The van der Waals surface area contributed by atoms with E-state index in [0.29, 0.717) is 17.5 Å². The Labute approximate surface area is 320 Å². The highest BCUT2D eigenvalue weighted by atomic mass is 16.3. The standard InChI is InChI=1S/C51H37N3O/c1-3-12-36(13-4-1)48-52-49(54-50(53-48)41-16-11-19-46-47(41)40-15-6-8-18-45(40)55-46)37-26-24-34(25-27-37)33-20-22-35(23-21-33)38-28-29-44-42(32-38)39-14-5-7-17-43(39)51(44)30-9-2-10-31-51/h1,3-8,11-29,32H,2,9-10,30-31H2. The van der Waals surface area contributed by atoms with E-state index in [1.165, 1.54) is 71.0 Å². The lowest BCUT2D eigenvalue weighted by atomic mass is 9.68. The molecule has 4 heteroatoms. The maximum absolute atomic E-state index is 6.21. The second-order valence-corrected chi connectivity index (χ2v) is 15.1. The van der Waals surface area contributed by atoms with E-state index in [0.717, 1.165) is 44.2 Å². The molecule has 1 saturated carbocycles. The molecule has 262 valence electrons. The van der Waals surface area contributed by atoms with E-state index in [2.05, 4.69) is 103 Å². The molecule has 2 aliphatic carbocycles. The number of nitrogens with zero attached hydrogens (tertiary/aromatic N) is 3. The highest BCUT2D eigenvalue weighted by Crippen LogP contribution is 2.56.